The molecule has 2 aromatic carbocycles. The molecule has 8 heteroatoms. The molecule has 0 bridgehead atoms. The summed E-state index contributed by atoms with van der Waals surface area (Å²) in [5.41, 5.74) is 2.13. The van der Waals surface area contributed by atoms with Gasteiger partial charge in [-0.1, -0.05) is 38.1 Å². The summed E-state index contributed by atoms with van der Waals surface area (Å²) in [6.45, 7) is 7.26. The van der Waals surface area contributed by atoms with Crippen LogP contribution in [-0.2, 0) is 21.4 Å². The largest absolute Gasteiger partial charge is 0.497 e. The van der Waals surface area contributed by atoms with Gasteiger partial charge in [-0.3, -0.25) is 4.90 Å². The molecule has 2 aromatic rings. The highest BCUT2D eigenvalue weighted by Crippen LogP contribution is 2.21. The molecule has 1 heterocycles. The molecule has 0 aromatic heterocycles. The van der Waals surface area contributed by atoms with E-state index >= 15 is 0 Å². The molecule has 1 fully saturated rings. The first-order valence-electron chi connectivity index (χ1n) is 11.0. The number of nitrogens with zero attached hydrogens (tertiary/aromatic N) is 2. The molecule has 0 aliphatic carbocycles. The van der Waals surface area contributed by atoms with Crippen LogP contribution in [0, 0.1) is 0 Å². The minimum atomic E-state index is -3.50. The molecule has 1 aliphatic heterocycles. The monoisotopic (exact) mass is 462 g/mol. The standard InChI is InChI=1S/C24H34N2O5S/c1-19(2)21-6-10-24(11-7-21)32(28,29)26-14-12-25(13-15-26)16-22(27)18-31-17-20-4-8-23(30-3)9-5-20/h4-11,19,22,27H,12-18H2,1-3H3. The summed E-state index contributed by atoms with van der Waals surface area (Å²) >= 11 is 0. The van der Waals surface area contributed by atoms with Crippen LogP contribution >= 0.6 is 0 Å². The fourth-order valence-corrected chi connectivity index (χ4v) is 5.13. The van der Waals surface area contributed by atoms with Crippen molar-refractivity contribution in [1.82, 2.24) is 9.21 Å². The SMILES string of the molecule is COc1ccc(COCC(O)CN2CCN(S(=O)(=O)c3ccc(C(C)C)cc3)CC2)cc1. The van der Waals surface area contributed by atoms with Crippen LogP contribution in [0.4, 0.5) is 0 Å². The number of aliphatic hydroxyl groups is 1. The van der Waals surface area contributed by atoms with Crippen LogP contribution < -0.4 is 4.74 Å². The van der Waals surface area contributed by atoms with Crippen molar-refractivity contribution in [3.63, 3.8) is 0 Å². The smallest absolute Gasteiger partial charge is 0.243 e. The van der Waals surface area contributed by atoms with Crippen LogP contribution in [0.3, 0.4) is 0 Å². The molecule has 1 aliphatic rings. The van der Waals surface area contributed by atoms with E-state index in [0.29, 0.717) is 50.1 Å². The van der Waals surface area contributed by atoms with Crippen molar-refractivity contribution >= 4 is 10.0 Å². The normalized spacial score (nSPS) is 16.9. The quantitative estimate of drug-likeness (QED) is 0.585. The second-order valence-corrected chi connectivity index (χ2v) is 10.4. The summed E-state index contributed by atoms with van der Waals surface area (Å²) in [7, 11) is -1.87. The van der Waals surface area contributed by atoms with E-state index < -0.39 is 16.1 Å². The Hall–Kier alpha value is -1.97. The minimum absolute atomic E-state index is 0.229. The Morgan fingerprint density at radius 2 is 1.59 bits per heavy atom. The number of ether oxygens (including phenoxy) is 2. The second kappa shape index (κ2) is 11.2. The Labute approximate surface area is 191 Å². The minimum Gasteiger partial charge on any atom is -0.497 e. The van der Waals surface area contributed by atoms with Gasteiger partial charge in [-0.2, -0.15) is 4.31 Å². The van der Waals surface area contributed by atoms with Crippen molar-refractivity contribution in [1.29, 1.82) is 0 Å². The fraction of sp³-hybridized carbons (Fsp3) is 0.500. The van der Waals surface area contributed by atoms with E-state index in [1.807, 2.05) is 36.4 Å². The van der Waals surface area contributed by atoms with Gasteiger partial charge in [-0.05, 0) is 41.3 Å². The maximum absolute atomic E-state index is 12.9. The number of methoxy groups -OCH3 is 1. The summed E-state index contributed by atoms with van der Waals surface area (Å²) in [5.74, 6) is 1.16. The average Bonchev–Trinajstić information content (AvgIpc) is 2.80. The van der Waals surface area contributed by atoms with E-state index in [0.717, 1.165) is 16.9 Å². The summed E-state index contributed by atoms with van der Waals surface area (Å²) in [6.07, 6.45) is -0.625. The Bertz CT molecular complexity index is 937. The van der Waals surface area contributed by atoms with Crippen LogP contribution in [-0.4, -0.2) is 75.3 Å². The highest BCUT2D eigenvalue weighted by molar-refractivity contribution is 7.89. The van der Waals surface area contributed by atoms with Gasteiger partial charge in [0.05, 0.1) is 31.3 Å². The summed E-state index contributed by atoms with van der Waals surface area (Å²) in [5, 5.41) is 10.3. The third kappa shape index (κ3) is 6.52. The van der Waals surface area contributed by atoms with Crippen LogP contribution in [0.1, 0.15) is 30.9 Å². The zero-order valence-electron chi connectivity index (χ0n) is 19.1. The molecule has 0 radical (unpaired) electrons. The molecule has 1 unspecified atom stereocenters. The topological polar surface area (TPSA) is 79.3 Å². The number of piperazine rings is 1. The van der Waals surface area contributed by atoms with Gasteiger partial charge in [0.15, 0.2) is 0 Å². The highest BCUT2D eigenvalue weighted by atomic mass is 32.2. The molecule has 0 saturated carbocycles. The number of aliphatic hydroxyl groups excluding tert-OH is 1. The lowest BCUT2D eigenvalue weighted by Crippen LogP contribution is -2.50. The summed E-state index contributed by atoms with van der Waals surface area (Å²) < 4.78 is 38.2. The van der Waals surface area contributed by atoms with Crippen molar-refractivity contribution in [3.8, 4) is 5.75 Å². The zero-order chi connectivity index (χ0) is 23.1. The van der Waals surface area contributed by atoms with Crippen LogP contribution in [0.5, 0.6) is 5.75 Å². The lowest BCUT2D eigenvalue weighted by atomic mass is 10.0. The average molecular weight is 463 g/mol. The third-order valence-corrected chi connectivity index (χ3v) is 7.64. The van der Waals surface area contributed by atoms with Gasteiger partial charge in [0.2, 0.25) is 10.0 Å². The number of hydrogen-bond acceptors (Lipinski definition) is 6. The van der Waals surface area contributed by atoms with Gasteiger partial charge in [0.1, 0.15) is 5.75 Å². The van der Waals surface area contributed by atoms with Crippen LogP contribution in [0.25, 0.3) is 0 Å². The Kier molecular flexibility index (Phi) is 8.67. The molecule has 7 nitrogen and oxygen atoms in total. The van der Waals surface area contributed by atoms with Gasteiger partial charge in [-0.25, -0.2) is 8.42 Å². The predicted molar refractivity (Wildman–Crippen MR) is 124 cm³/mol. The van der Waals surface area contributed by atoms with E-state index in [4.69, 9.17) is 9.47 Å². The lowest BCUT2D eigenvalue weighted by Gasteiger charge is -2.34. The fourth-order valence-electron chi connectivity index (χ4n) is 3.71. The highest BCUT2D eigenvalue weighted by Gasteiger charge is 2.29. The Morgan fingerprint density at radius 3 is 2.16 bits per heavy atom. The van der Waals surface area contributed by atoms with Crippen LogP contribution in [0.2, 0.25) is 0 Å². The van der Waals surface area contributed by atoms with Crippen molar-refractivity contribution in [2.75, 3.05) is 46.4 Å². The van der Waals surface area contributed by atoms with Crippen molar-refractivity contribution in [3.05, 3.63) is 59.7 Å². The molecule has 1 N–H and O–H groups in total. The summed E-state index contributed by atoms with van der Waals surface area (Å²) in [6, 6.07) is 14.8. The first-order chi connectivity index (χ1) is 15.3. The number of β-amino-alcohol motifs (C(OH)–C–C–N with tert-alkyl or cyclic N) is 1. The molecule has 176 valence electrons. The number of benzene rings is 2. The zero-order valence-corrected chi connectivity index (χ0v) is 19.9. The van der Waals surface area contributed by atoms with Gasteiger partial charge < -0.3 is 14.6 Å². The number of rotatable bonds is 10. The Balaban J connectivity index is 1.42. The summed E-state index contributed by atoms with van der Waals surface area (Å²) in [4.78, 5) is 2.41. The van der Waals surface area contributed by atoms with E-state index in [9.17, 15) is 13.5 Å². The Morgan fingerprint density at radius 1 is 0.969 bits per heavy atom. The van der Waals surface area contributed by atoms with E-state index in [1.165, 1.54) is 4.31 Å². The molecule has 1 atom stereocenters. The molecule has 0 amide bonds. The number of sulfonamides is 1. The van der Waals surface area contributed by atoms with Gasteiger partial charge in [-0.15, -0.1) is 0 Å². The first kappa shape index (κ1) is 24.7. The maximum Gasteiger partial charge on any atom is 0.243 e. The molecular weight excluding hydrogens is 428 g/mol. The maximum atomic E-state index is 12.9. The molecule has 1 saturated heterocycles. The van der Waals surface area contributed by atoms with Crippen molar-refractivity contribution in [2.24, 2.45) is 0 Å². The van der Waals surface area contributed by atoms with E-state index in [1.54, 1.807) is 19.2 Å². The predicted octanol–water partition coefficient (Wildman–Crippen LogP) is 2.70. The first-order valence-corrected chi connectivity index (χ1v) is 12.4. The van der Waals surface area contributed by atoms with Gasteiger partial charge >= 0.3 is 0 Å². The molecule has 32 heavy (non-hydrogen) atoms. The molecule has 3 rings (SSSR count). The van der Waals surface area contributed by atoms with Crippen LogP contribution in [0.15, 0.2) is 53.4 Å². The van der Waals surface area contributed by atoms with Crippen molar-refractivity contribution in [2.45, 2.75) is 37.4 Å². The van der Waals surface area contributed by atoms with Crippen molar-refractivity contribution < 1.29 is 23.0 Å². The lowest BCUT2D eigenvalue weighted by molar-refractivity contribution is 0.00538. The van der Waals surface area contributed by atoms with Gasteiger partial charge in [0.25, 0.3) is 0 Å². The second-order valence-electron chi connectivity index (χ2n) is 8.45. The van der Waals surface area contributed by atoms with Gasteiger partial charge in [0, 0.05) is 32.7 Å². The molecular formula is C24H34N2O5S. The van der Waals surface area contributed by atoms with E-state index in [-0.39, 0.29) is 6.61 Å². The molecule has 0 spiro atoms. The third-order valence-electron chi connectivity index (χ3n) is 5.72. The number of hydrogen-bond donors (Lipinski definition) is 1. The van der Waals surface area contributed by atoms with E-state index in [2.05, 4.69) is 18.7 Å².